The molecule has 10 rings (SSSR count). The first-order chi connectivity index (χ1) is 22.5. The third-order valence-corrected chi connectivity index (χ3v) is 13.6. The molecular weight excluding hydrogens is 568 g/mol. The SMILES string of the molecule is CC[C@@H]1CN(C)[C@@H]2Cc3c([nH]c4ccccc34)[C@H](c3ccc4c5c([nH]c4c3)[C@@H]3C[C@H]4C[C@H](CC)[C@@H]3N(CC5)C4)C[C@H]1[C@H]2C(=O)OC. The summed E-state index contributed by atoms with van der Waals surface area (Å²) >= 11 is 0. The summed E-state index contributed by atoms with van der Waals surface area (Å²) in [4.78, 5) is 27.0. The molecule has 2 aromatic heterocycles. The van der Waals surface area contributed by atoms with E-state index in [1.165, 1.54) is 71.0 Å². The molecule has 0 amide bonds. The van der Waals surface area contributed by atoms with E-state index in [1.807, 2.05) is 0 Å². The maximum absolute atomic E-state index is 13.6. The minimum Gasteiger partial charge on any atom is -0.469 e. The number of aromatic amines is 2. The summed E-state index contributed by atoms with van der Waals surface area (Å²) in [5.74, 6) is 3.07. The number of nitrogens with one attached hydrogen (secondary N) is 2. The first-order valence-electron chi connectivity index (χ1n) is 18.2. The molecule has 46 heavy (non-hydrogen) atoms. The van der Waals surface area contributed by atoms with E-state index in [9.17, 15) is 4.79 Å². The van der Waals surface area contributed by atoms with Crippen LogP contribution in [0.25, 0.3) is 21.8 Å². The van der Waals surface area contributed by atoms with Gasteiger partial charge in [0.1, 0.15) is 0 Å². The van der Waals surface area contributed by atoms with E-state index >= 15 is 0 Å². The van der Waals surface area contributed by atoms with Crippen LogP contribution >= 0.6 is 0 Å². The molecule has 2 aliphatic carbocycles. The number of esters is 1. The fourth-order valence-corrected chi connectivity index (χ4v) is 11.6. The third-order valence-electron chi connectivity index (χ3n) is 13.6. The van der Waals surface area contributed by atoms with Crippen molar-refractivity contribution in [3.8, 4) is 0 Å². The van der Waals surface area contributed by atoms with Gasteiger partial charge in [0.15, 0.2) is 0 Å². The van der Waals surface area contributed by atoms with Gasteiger partial charge in [-0.2, -0.15) is 0 Å². The van der Waals surface area contributed by atoms with Crippen molar-refractivity contribution in [3.05, 3.63) is 70.5 Å². The van der Waals surface area contributed by atoms with E-state index in [1.54, 1.807) is 18.4 Å². The van der Waals surface area contributed by atoms with Crippen LogP contribution in [0, 0.1) is 29.6 Å². The lowest BCUT2D eigenvalue weighted by Crippen LogP contribution is -2.56. The second-order valence-electron chi connectivity index (χ2n) is 15.6. The molecule has 2 aromatic carbocycles. The molecule has 6 bridgehead atoms. The van der Waals surface area contributed by atoms with Crippen LogP contribution in [0.4, 0.5) is 0 Å². The van der Waals surface area contributed by atoms with Gasteiger partial charge in [-0.05, 0) is 91.6 Å². The quantitative estimate of drug-likeness (QED) is 0.237. The molecule has 6 heterocycles. The summed E-state index contributed by atoms with van der Waals surface area (Å²) in [6, 6.07) is 17.0. The predicted molar refractivity (Wildman–Crippen MR) is 184 cm³/mol. The van der Waals surface area contributed by atoms with Crippen molar-refractivity contribution < 1.29 is 9.53 Å². The number of ether oxygens (including phenoxy) is 1. The average Bonchev–Trinajstić information content (AvgIpc) is 3.60. The van der Waals surface area contributed by atoms with Crippen LogP contribution in [0.5, 0.6) is 0 Å². The van der Waals surface area contributed by atoms with Gasteiger partial charge in [-0.3, -0.25) is 9.69 Å². The Morgan fingerprint density at radius 1 is 0.913 bits per heavy atom. The molecule has 0 spiro atoms. The highest BCUT2D eigenvalue weighted by Crippen LogP contribution is 2.52. The third kappa shape index (κ3) is 4.24. The monoisotopic (exact) mass is 618 g/mol. The summed E-state index contributed by atoms with van der Waals surface area (Å²) in [5.41, 5.74) is 9.73. The molecule has 1 saturated carbocycles. The molecule has 242 valence electrons. The minimum atomic E-state index is -0.125. The highest BCUT2D eigenvalue weighted by molar-refractivity contribution is 5.88. The lowest BCUT2D eigenvalue weighted by atomic mass is 9.64. The number of likely N-dealkylation sites (tertiary alicyclic amines) is 1. The van der Waals surface area contributed by atoms with Crippen molar-refractivity contribution in [3.63, 3.8) is 0 Å². The van der Waals surface area contributed by atoms with Crippen LogP contribution in [0.3, 0.4) is 0 Å². The Kier molecular flexibility index (Phi) is 6.94. The second kappa shape index (κ2) is 11.0. The summed E-state index contributed by atoms with van der Waals surface area (Å²) in [6.07, 6.45) is 8.10. The van der Waals surface area contributed by atoms with Crippen LogP contribution in [0.2, 0.25) is 0 Å². The summed E-state index contributed by atoms with van der Waals surface area (Å²) < 4.78 is 5.56. The maximum Gasteiger partial charge on any atom is 0.310 e. The van der Waals surface area contributed by atoms with Crippen molar-refractivity contribution in [2.75, 3.05) is 33.8 Å². The molecule has 2 N–H and O–H groups in total. The number of H-pyrrole nitrogens is 2. The number of rotatable bonds is 4. The van der Waals surface area contributed by atoms with Crippen molar-refractivity contribution in [1.29, 1.82) is 0 Å². The van der Waals surface area contributed by atoms with Gasteiger partial charge in [0.05, 0.1) is 13.0 Å². The number of benzene rings is 2. The molecule has 3 saturated heterocycles. The van der Waals surface area contributed by atoms with E-state index in [-0.39, 0.29) is 29.8 Å². The van der Waals surface area contributed by atoms with Crippen molar-refractivity contribution >= 4 is 27.8 Å². The number of piperidine rings is 3. The fraction of sp³-hybridized carbons (Fsp3) is 0.575. The van der Waals surface area contributed by atoms with Gasteiger partial charge in [0.25, 0.3) is 0 Å². The lowest BCUT2D eigenvalue weighted by Gasteiger charge is -2.53. The van der Waals surface area contributed by atoms with E-state index in [2.05, 4.69) is 83.1 Å². The number of hydrogen-bond acceptors (Lipinski definition) is 4. The van der Waals surface area contributed by atoms with Crippen LogP contribution in [0.1, 0.15) is 85.9 Å². The highest BCUT2D eigenvalue weighted by Gasteiger charge is 2.50. The van der Waals surface area contributed by atoms with Crippen molar-refractivity contribution in [1.82, 2.24) is 19.8 Å². The number of carbonyl (C=O) groups is 1. The van der Waals surface area contributed by atoms with Gasteiger partial charge in [-0.25, -0.2) is 0 Å². The minimum absolute atomic E-state index is 0.0354. The standard InChI is InChI=1S/C40H50N4O2/c1-5-23-15-22-16-32-37-28(13-14-44(20-22)39(23)32)27-12-11-25(17-34(27)42-37)30-18-29-24(6-2)21-43(3)35(36(29)40(45)46-4)19-31-26-9-7-8-10-33(26)41-38(30)31/h7-12,17,22-24,29-30,32,35-36,39,41-42H,5-6,13-16,18-21H2,1-4H3/t22-,23+,24-,29-,30+,32+,35-,36-,39+/m1/s1. The summed E-state index contributed by atoms with van der Waals surface area (Å²) in [5, 5.41) is 2.72. The summed E-state index contributed by atoms with van der Waals surface area (Å²) in [7, 11) is 3.80. The largest absolute Gasteiger partial charge is 0.469 e. The van der Waals surface area contributed by atoms with Crippen molar-refractivity contribution in [2.24, 2.45) is 29.6 Å². The Morgan fingerprint density at radius 3 is 2.54 bits per heavy atom. The van der Waals surface area contributed by atoms with E-state index in [0.29, 0.717) is 17.9 Å². The molecule has 4 aliphatic heterocycles. The van der Waals surface area contributed by atoms with Gasteiger partial charge in [0.2, 0.25) is 0 Å². The number of fused-ring (bicyclic) bond motifs is 9. The van der Waals surface area contributed by atoms with Gasteiger partial charge in [-0.15, -0.1) is 0 Å². The van der Waals surface area contributed by atoms with Crippen LogP contribution in [-0.2, 0) is 22.4 Å². The molecule has 0 radical (unpaired) electrons. The molecule has 6 heteroatoms. The molecule has 6 aliphatic rings. The van der Waals surface area contributed by atoms with Crippen LogP contribution in [0.15, 0.2) is 42.5 Å². The molecule has 1 unspecified atom stereocenters. The van der Waals surface area contributed by atoms with Crippen LogP contribution in [-0.4, -0.2) is 71.6 Å². The first-order valence-corrected chi connectivity index (χ1v) is 18.2. The Bertz CT molecular complexity index is 1800. The fourth-order valence-electron chi connectivity index (χ4n) is 11.6. The van der Waals surface area contributed by atoms with Crippen molar-refractivity contribution in [2.45, 2.75) is 82.7 Å². The molecule has 4 fully saturated rings. The van der Waals surface area contributed by atoms with Gasteiger partial charge < -0.3 is 19.6 Å². The number of para-hydroxylation sites is 1. The summed E-state index contributed by atoms with van der Waals surface area (Å²) in [6.45, 7) is 8.24. The second-order valence-corrected chi connectivity index (χ2v) is 15.6. The van der Waals surface area contributed by atoms with Gasteiger partial charge in [0, 0.05) is 76.7 Å². The molecule has 4 aromatic rings. The van der Waals surface area contributed by atoms with Crippen LogP contribution < -0.4 is 0 Å². The zero-order chi connectivity index (χ0) is 31.3. The number of likely N-dealkylation sites (N-methyl/N-ethyl adjacent to an activating group) is 1. The highest BCUT2D eigenvalue weighted by atomic mass is 16.5. The first kappa shape index (κ1) is 29.1. The average molecular weight is 619 g/mol. The number of nitrogens with zero attached hydrogens (tertiary/aromatic N) is 2. The lowest BCUT2D eigenvalue weighted by molar-refractivity contribution is -0.155. The molecular formula is C40H50N4O2. The molecule has 10 atom stereocenters. The topological polar surface area (TPSA) is 64.4 Å². The Morgan fingerprint density at radius 2 is 1.72 bits per heavy atom. The van der Waals surface area contributed by atoms with E-state index in [4.69, 9.17) is 4.74 Å². The molecule has 6 nitrogen and oxygen atoms in total. The Labute approximate surface area is 273 Å². The normalized spacial score (nSPS) is 35.3. The number of aromatic nitrogens is 2. The van der Waals surface area contributed by atoms with E-state index < -0.39 is 0 Å². The number of hydrogen-bond donors (Lipinski definition) is 2. The number of methoxy groups -OCH3 is 1. The maximum atomic E-state index is 13.6. The zero-order valence-electron chi connectivity index (χ0n) is 28.0. The zero-order valence-corrected chi connectivity index (χ0v) is 28.0. The smallest absolute Gasteiger partial charge is 0.310 e. The number of carbonyl (C=O) groups excluding carboxylic acids is 1. The predicted octanol–water partition coefficient (Wildman–Crippen LogP) is 7.23. The van der Waals surface area contributed by atoms with E-state index in [0.717, 1.165) is 44.1 Å². The van der Waals surface area contributed by atoms with Gasteiger partial charge in [-0.1, -0.05) is 57.0 Å². The van der Waals surface area contributed by atoms with Gasteiger partial charge >= 0.3 is 5.97 Å². The Hall–Kier alpha value is -3.09. The Balaban J connectivity index is 1.18.